The van der Waals surface area contributed by atoms with Gasteiger partial charge >= 0.3 is 12.1 Å². The number of ether oxygens (including phenoxy) is 1. The molecule has 1 aliphatic heterocycles. The molecular weight excluding hydrogens is 378 g/mol. The van der Waals surface area contributed by atoms with Gasteiger partial charge in [-0.25, -0.2) is 9.59 Å². The molecule has 0 bridgehead atoms. The quantitative estimate of drug-likeness (QED) is 0.745. The molecule has 1 aromatic heterocycles. The number of carbonyl (C=O) groups excluding carboxylic acids is 4. The molecule has 1 aromatic carbocycles. The topological polar surface area (TPSA) is 118 Å². The van der Waals surface area contributed by atoms with E-state index in [-0.39, 0.29) is 17.5 Å². The first kappa shape index (κ1) is 20.1. The fourth-order valence-corrected chi connectivity index (χ4v) is 2.76. The smallest absolute Gasteiger partial charge is 0.408 e. The predicted octanol–water partition coefficient (Wildman–Crippen LogP) is 2.20. The highest BCUT2D eigenvalue weighted by Crippen LogP contribution is 2.23. The molecule has 29 heavy (non-hydrogen) atoms. The van der Waals surface area contributed by atoms with Gasteiger partial charge in [0.2, 0.25) is 0 Å². The van der Waals surface area contributed by atoms with Crippen molar-refractivity contribution in [2.45, 2.75) is 38.8 Å². The molecule has 152 valence electrons. The first-order valence-corrected chi connectivity index (χ1v) is 8.97. The van der Waals surface area contributed by atoms with E-state index in [1.807, 2.05) is 0 Å². The zero-order chi connectivity index (χ0) is 21.2. The van der Waals surface area contributed by atoms with E-state index in [1.165, 1.54) is 12.1 Å². The van der Waals surface area contributed by atoms with E-state index < -0.39 is 35.5 Å². The predicted molar refractivity (Wildman–Crippen MR) is 101 cm³/mol. The lowest BCUT2D eigenvalue weighted by Gasteiger charge is -2.23. The Bertz CT molecular complexity index is 910. The third-order valence-corrected chi connectivity index (χ3v) is 4.00. The number of benzene rings is 1. The lowest BCUT2D eigenvalue weighted by atomic mass is 10.1. The molecule has 9 heteroatoms. The zero-order valence-electron chi connectivity index (χ0n) is 16.2. The van der Waals surface area contributed by atoms with Crippen molar-refractivity contribution in [3.8, 4) is 0 Å². The second-order valence-corrected chi connectivity index (χ2v) is 7.46. The van der Waals surface area contributed by atoms with Gasteiger partial charge in [0.25, 0.3) is 11.8 Å². The molecule has 0 spiro atoms. The highest BCUT2D eigenvalue weighted by atomic mass is 16.7. The van der Waals surface area contributed by atoms with E-state index in [2.05, 4.69) is 10.3 Å². The summed E-state index contributed by atoms with van der Waals surface area (Å²) < 4.78 is 5.18. The molecule has 1 aliphatic rings. The van der Waals surface area contributed by atoms with Gasteiger partial charge in [-0.3, -0.25) is 9.59 Å². The first-order valence-electron chi connectivity index (χ1n) is 8.97. The molecule has 0 saturated heterocycles. The van der Waals surface area contributed by atoms with Crippen LogP contribution in [0.4, 0.5) is 4.79 Å². The fraction of sp³-hybridized carbons (Fsp3) is 0.300. The highest BCUT2D eigenvalue weighted by molar-refractivity contribution is 6.20. The first-order chi connectivity index (χ1) is 13.7. The Morgan fingerprint density at radius 3 is 2.21 bits per heavy atom. The number of hydrogen-bond donors (Lipinski definition) is 2. The Balaban J connectivity index is 1.75. The summed E-state index contributed by atoms with van der Waals surface area (Å²) in [6, 6.07) is 8.42. The number of H-pyrrole nitrogens is 1. The minimum atomic E-state index is -1.19. The number of carbonyl (C=O) groups is 4. The molecule has 0 fully saturated rings. The van der Waals surface area contributed by atoms with Crippen molar-refractivity contribution >= 4 is 23.9 Å². The maximum Gasteiger partial charge on any atom is 0.408 e. The molecule has 2 aromatic rings. The summed E-state index contributed by atoms with van der Waals surface area (Å²) >= 11 is 0. The number of nitrogens with zero attached hydrogens (tertiary/aromatic N) is 1. The molecule has 0 aliphatic carbocycles. The van der Waals surface area contributed by atoms with E-state index >= 15 is 0 Å². The number of aromatic amines is 1. The minimum absolute atomic E-state index is 0.0498. The number of alkyl carbamates (subject to hydrolysis) is 1. The van der Waals surface area contributed by atoms with Crippen LogP contribution >= 0.6 is 0 Å². The van der Waals surface area contributed by atoms with Crippen molar-refractivity contribution in [3.63, 3.8) is 0 Å². The summed E-state index contributed by atoms with van der Waals surface area (Å²) in [6.07, 6.45) is 0.886. The number of imide groups is 1. The Hall–Kier alpha value is -3.62. The number of aromatic nitrogens is 1. The van der Waals surface area contributed by atoms with Crippen LogP contribution in [-0.4, -0.2) is 45.6 Å². The number of amides is 3. The molecule has 0 radical (unpaired) electrons. The van der Waals surface area contributed by atoms with Crippen molar-refractivity contribution in [1.29, 1.82) is 0 Å². The van der Waals surface area contributed by atoms with Crippen LogP contribution in [0.5, 0.6) is 0 Å². The molecule has 2 heterocycles. The summed E-state index contributed by atoms with van der Waals surface area (Å²) in [5, 5.41) is 2.84. The molecule has 3 rings (SSSR count). The van der Waals surface area contributed by atoms with Crippen LogP contribution in [0.15, 0.2) is 42.6 Å². The molecule has 9 nitrogen and oxygen atoms in total. The average molecular weight is 399 g/mol. The lowest BCUT2D eigenvalue weighted by Crippen LogP contribution is -2.48. The number of fused-ring (bicyclic) bond motifs is 1. The maximum absolute atomic E-state index is 12.7. The van der Waals surface area contributed by atoms with Crippen LogP contribution in [0, 0.1) is 0 Å². The van der Waals surface area contributed by atoms with E-state index in [0.29, 0.717) is 10.8 Å². The van der Waals surface area contributed by atoms with Crippen molar-refractivity contribution < 1.29 is 28.8 Å². The summed E-state index contributed by atoms with van der Waals surface area (Å²) in [6.45, 7) is 5.05. The van der Waals surface area contributed by atoms with Gasteiger partial charge in [-0.15, -0.1) is 0 Å². The number of hydrogen-bond acceptors (Lipinski definition) is 6. The van der Waals surface area contributed by atoms with E-state index in [9.17, 15) is 19.2 Å². The summed E-state index contributed by atoms with van der Waals surface area (Å²) in [5.41, 5.74) is 0.163. The Kier molecular flexibility index (Phi) is 5.40. The van der Waals surface area contributed by atoms with Gasteiger partial charge in [-0.2, -0.15) is 0 Å². The van der Waals surface area contributed by atoms with Gasteiger partial charge in [-0.1, -0.05) is 17.2 Å². The third kappa shape index (κ3) is 4.63. The van der Waals surface area contributed by atoms with Gasteiger partial charge in [-0.05, 0) is 45.0 Å². The SMILES string of the molecule is CC(C)(C)OC(=O)NC(Cc1ccc[nH]1)C(=O)ON1C(=O)c2ccccc2C1=O. The summed E-state index contributed by atoms with van der Waals surface area (Å²) in [5.74, 6) is -2.45. The molecular formula is C20H21N3O6. The monoisotopic (exact) mass is 399 g/mol. The van der Waals surface area contributed by atoms with Crippen LogP contribution in [0.3, 0.4) is 0 Å². The molecule has 2 N–H and O–H groups in total. The maximum atomic E-state index is 12.7. The van der Waals surface area contributed by atoms with Crippen LogP contribution in [0.25, 0.3) is 0 Å². The van der Waals surface area contributed by atoms with Gasteiger partial charge in [0.1, 0.15) is 11.6 Å². The zero-order valence-corrected chi connectivity index (χ0v) is 16.2. The van der Waals surface area contributed by atoms with Crippen molar-refractivity contribution in [2.75, 3.05) is 0 Å². The fourth-order valence-electron chi connectivity index (χ4n) is 2.76. The number of nitrogens with one attached hydrogen (secondary N) is 2. The highest BCUT2D eigenvalue weighted by Gasteiger charge is 2.40. The Labute approximate surface area is 166 Å². The van der Waals surface area contributed by atoms with Crippen molar-refractivity contribution in [3.05, 3.63) is 59.4 Å². The second kappa shape index (κ2) is 7.78. The minimum Gasteiger partial charge on any atom is -0.444 e. The molecule has 0 saturated carbocycles. The van der Waals surface area contributed by atoms with Gasteiger partial charge < -0.3 is 19.9 Å². The molecule has 1 unspecified atom stereocenters. The summed E-state index contributed by atoms with van der Waals surface area (Å²) in [4.78, 5) is 57.7. The van der Waals surface area contributed by atoms with Crippen LogP contribution < -0.4 is 5.32 Å². The van der Waals surface area contributed by atoms with Crippen LogP contribution in [0.2, 0.25) is 0 Å². The van der Waals surface area contributed by atoms with Crippen LogP contribution in [-0.2, 0) is 20.8 Å². The number of hydroxylamine groups is 2. The van der Waals surface area contributed by atoms with Gasteiger partial charge in [0.05, 0.1) is 11.1 Å². The van der Waals surface area contributed by atoms with Gasteiger partial charge in [0, 0.05) is 18.3 Å². The largest absolute Gasteiger partial charge is 0.444 e. The van der Waals surface area contributed by atoms with E-state index in [0.717, 1.165) is 0 Å². The van der Waals surface area contributed by atoms with E-state index in [4.69, 9.17) is 9.57 Å². The van der Waals surface area contributed by atoms with Crippen molar-refractivity contribution in [1.82, 2.24) is 15.4 Å². The molecule has 3 amide bonds. The standard InChI is InChI=1S/C20H21N3O6/c1-20(2,3)28-19(27)22-15(11-12-7-6-10-21-12)18(26)29-23-16(24)13-8-4-5-9-14(13)17(23)25/h4-10,15,21H,11H2,1-3H3,(H,22,27). The number of rotatable bonds is 5. The average Bonchev–Trinajstić information content (AvgIpc) is 3.23. The Morgan fingerprint density at radius 2 is 1.69 bits per heavy atom. The Morgan fingerprint density at radius 1 is 1.07 bits per heavy atom. The third-order valence-electron chi connectivity index (χ3n) is 4.00. The summed E-state index contributed by atoms with van der Waals surface area (Å²) in [7, 11) is 0. The van der Waals surface area contributed by atoms with Gasteiger partial charge in [0.15, 0.2) is 0 Å². The molecule has 1 atom stereocenters. The normalized spacial score (nSPS) is 14.4. The van der Waals surface area contributed by atoms with E-state index in [1.54, 1.807) is 51.2 Å². The van der Waals surface area contributed by atoms with Crippen molar-refractivity contribution in [2.24, 2.45) is 0 Å². The van der Waals surface area contributed by atoms with Crippen LogP contribution in [0.1, 0.15) is 47.2 Å². The second-order valence-electron chi connectivity index (χ2n) is 7.46. The lowest BCUT2D eigenvalue weighted by molar-refractivity contribution is -0.171.